The molecule has 2 rings (SSSR count). The first-order chi connectivity index (χ1) is 8.10. The van der Waals surface area contributed by atoms with Crippen molar-refractivity contribution in [2.45, 2.75) is 38.3 Å². The first-order valence-electron chi connectivity index (χ1n) is 5.91. The van der Waals surface area contributed by atoms with E-state index in [1.807, 2.05) is 23.4 Å². The SMILES string of the molecule is CCC1(C(=O)O)CCCN1Cc1nncn1C. The van der Waals surface area contributed by atoms with Crippen molar-refractivity contribution >= 4 is 5.97 Å². The number of carboxylic acids is 1. The third-order valence-electron chi connectivity index (χ3n) is 3.74. The largest absolute Gasteiger partial charge is 0.480 e. The van der Waals surface area contributed by atoms with E-state index in [2.05, 4.69) is 10.2 Å². The van der Waals surface area contributed by atoms with E-state index in [0.29, 0.717) is 13.0 Å². The van der Waals surface area contributed by atoms with Gasteiger partial charge in [0.2, 0.25) is 0 Å². The van der Waals surface area contributed by atoms with Gasteiger partial charge in [-0.1, -0.05) is 6.92 Å². The normalized spacial score (nSPS) is 25.3. The number of aliphatic carboxylic acids is 1. The van der Waals surface area contributed by atoms with Crippen LogP contribution >= 0.6 is 0 Å². The predicted octanol–water partition coefficient (Wildman–Crippen LogP) is 0.644. The molecule has 1 atom stereocenters. The standard InChI is InChI=1S/C11H18N4O2/c1-3-11(10(16)17)5-4-6-15(11)7-9-13-12-8-14(9)2/h8H,3-7H2,1-2H3,(H,16,17). The predicted molar refractivity (Wildman–Crippen MR) is 61.3 cm³/mol. The van der Waals surface area contributed by atoms with Crippen LogP contribution in [0.2, 0.25) is 0 Å². The average Bonchev–Trinajstić information content (AvgIpc) is 2.87. The molecule has 1 N–H and O–H groups in total. The number of aryl methyl sites for hydroxylation is 1. The second-order valence-corrected chi connectivity index (χ2v) is 4.57. The van der Waals surface area contributed by atoms with Gasteiger partial charge in [0.25, 0.3) is 0 Å². The summed E-state index contributed by atoms with van der Waals surface area (Å²) in [6, 6.07) is 0. The fraction of sp³-hybridized carbons (Fsp3) is 0.727. The number of hydrogen-bond acceptors (Lipinski definition) is 4. The van der Waals surface area contributed by atoms with Crippen LogP contribution < -0.4 is 0 Å². The third kappa shape index (κ3) is 1.93. The van der Waals surface area contributed by atoms with Crippen LogP contribution in [0.15, 0.2) is 6.33 Å². The van der Waals surface area contributed by atoms with E-state index in [1.165, 1.54) is 0 Å². The molecule has 0 bridgehead atoms. The highest BCUT2D eigenvalue weighted by Gasteiger charge is 2.46. The number of carbonyl (C=O) groups is 1. The molecular formula is C11H18N4O2. The van der Waals surface area contributed by atoms with E-state index in [0.717, 1.165) is 25.2 Å². The zero-order chi connectivity index (χ0) is 12.5. The fourth-order valence-corrected chi connectivity index (χ4v) is 2.58. The van der Waals surface area contributed by atoms with Crippen molar-refractivity contribution in [2.24, 2.45) is 7.05 Å². The molecular weight excluding hydrogens is 220 g/mol. The van der Waals surface area contributed by atoms with Crippen LogP contribution in [0.5, 0.6) is 0 Å². The lowest BCUT2D eigenvalue weighted by Gasteiger charge is -2.33. The molecule has 0 amide bonds. The Bertz CT molecular complexity index is 417. The van der Waals surface area contributed by atoms with Gasteiger partial charge in [-0.05, 0) is 25.8 Å². The summed E-state index contributed by atoms with van der Waals surface area (Å²) in [5, 5.41) is 17.3. The highest BCUT2D eigenvalue weighted by Crippen LogP contribution is 2.33. The summed E-state index contributed by atoms with van der Waals surface area (Å²) in [5.74, 6) is 0.0886. The Hall–Kier alpha value is -1.43. The number of hydrogen-bond donors (Lipinski definition) is 1. The Kier molecular flexibility index (Phi) is 3.15. The molecule has 1 fully saturated rings. The Morgan fingerprint density at radius 2 is 2.41 bits per heavy atom. The molecule has 1 aliphatic heterocycles. The molecule has 0 aromatic carbocycles. The van der Waals surface area contributed by atoms with Gasteiger partial charge in [-0.25, -0.2) is 0 Å². The zero-order valence-electron chi connectivity index (χ0n) is 10.3. The van der Waals surface area contributed by atoms with Crippen LogP contribution in [0.3, 0.4) is 0 Å². The van der Waals surface area contributed by atoms with Crippen LogP contribution in [0.1, 0.15) is 32.0 Å². The maximum absolute atomic E-state index is 11.5. The van der Waals surface area contributed by atoms with Crippen molar-refractivity contribution in [3.63, 3.8) is 0 Å². The molecule has 0 saturated carbocycles. The molecule has 6 heteroatoms. The number of carboxylic acid groups (broad SMARTS) is 1. The molecule has 0 spiro atoms. The van der Waals surface area contributed by atoms with Crippen molar-refractivity contribution < 1.29 is 9.90 Å². The van der Waals surface area contributed by atoms with Crippen LogP contribution in [-0.2, 0) is 18.4 Å². The number of likely N-dealkylation sites (tertiary alicyclic amines) is 1. The molecule has 0 aliphatic carbocycles. The van der Waals surface area contributed by atoms with Gasteiger partial charge >= 0.3 is 5.97 Å². The van der Waals surface area contributed by atoms with E-state index >= 15 is 0 Å². The molecule has 94 valence electrons. The van der Waals surface area contributed by atoms with E-state index in [1.54, 1.807) is 6.33 Å². The monoisotopic (exact) mass is 238 g/mol. The number of rotatable bonds is 4. The van der Waals surface area contributed by atoms with Crippen molar-refractivity contribution in [1.82, 2.24) is 19.7 Å². The van der Waals surface area contributed by atoms with Gasteiger partial charge in [-0.3, -0.25) is 9.69 Å². The van der Waals surface area contributed by atoms with Crippen molar-refractivity contribution in [2.75, 3.05) is 6.54 Å². The highest BCUT2D eigenvalue weighted by atomic mass is 16.4. The molecule has 1 aromatic heterocycles. The van der Waals surface area contributed by atoms with Crippen LogP contribution in [-0.4, -0.2) is 42.8 Å². The van der Waals surface area contributed by atoms with E-state index in [4.69, 9.17) is 0 Å². The van der Waals surface area contributed by atoms with Gasteiger partial charge in [-0.2, -0.15) is 0 Å². The molecule has 1 unspecified atom stereocenters. The minimum absolute atomic E-state index is 0.552. The van der Waals surface area contributed by atoms with Crippen molar-refractivity contribution in [1.29, 1.82) is 0 Å². The molecule has 0 radical (unpaired) electrons. The van der Waals surface area contributed by atoms with E-state index in [-0.39, 0.29) is 0 Å². The minimum Gasteiger partial charge on any atom is -0.480 e. The lowest BCUT2D eigenvalue weighted by molar-refractivity contribution is -0.150. The summed E-state index contributed by atoms with van der Waals surface area (Å²) < 4.78 is 1.83. The maximum Gasteiger partial charge on any atom is 0.324 e. The smallest absolute Gasteiger partial charge is 0.324 e. The first kappa shape index (κ1) is 12.0. The average molecular weight is 238 g/mol. The molecule has 2 heterocycles. The number of aromatic nitrogens is 3. The van der Waals surface area contributed by atoms with Crippen molar-refractivity contribution in [3.05, 3.63) is 12.2 Å². The van der Waals surface area contributed by atoms with Gasteiger partial charge in [0.15, 0.2) is 0 Å². The second-order valence-electron chi connectivity index (χ2n) is 4.57. The first-order valence-corrected chi connectivity index (χ1v) is 5.91. The van der Waals surface area contributed by atoms with Gasteiger partial charge in [0.05, 0.1) is 6.54 Å². The summed E-state index contributed by atoms with van der Waals surface area (Å²) in [6.07, 6.45) is 3.91. The lowest BCUT2D eigenvalue weighted by atomic mass is 9.93. The summed E-state index contributed by atoms with van der Waals surface area (Å²) in [4.78, 5) is 13.5. The molecule has 1 aliphatic rings. The molecule has 1 aromatic rings. The van der Waals surface area contributed by atoms with E-state index < -0.39 is 11.5 Å². The quantitative estimate of drug-likeness (QED) is 0.833. The molecule has 6 nitrogen and oxygen atoms in total. The number of nitrogens with zero attached hydrogens (tertiary/aromatic N) is 4. The third-order valence-corrected chi connectivity index (χ3v) is 3.74. The Balaban J connectivity index is 2.20. The highest BCUT2D eigenvalue weighted by molar-refractivity contribution is 5.79. The fourth-order valence-electron chi connectivity index (χ4n) is 2.58. The van der Waals surface area contributed by atoms with Crippen LogP contribution in [0, 0.1) is 0 Å². The van der Waals surface area contributed by atoms with Gasteiger partial charge in [-0.15, -0.1) is 10.2 Å². The topological polar surface area (TPSA) is 71.2 Å². The summed E-state index contributed by atoms with van der Waals surface area (Å²) in [5.41, 5.74) is -0.716. The summed E-state index contributed by atoms with van der Waals surface area (Å²) >= 11 is 0. The summed E-state index contributed by atoms with van der Waals surface area (Å²) in [7, 11) is 1.87. The molecule has 17 heavy (non-hydrogen) atoms. The Morgan fingerprint density at radius 1 is 1.65 bits per heavy atom. The van der Waals surface area contributed by atoms with Crippen molar-refractivity contribution in [3.8, 4) is 0 Å². The molecule has 1 saturated heterocycles. The minimum atomic E-state index is -0.723. The summed E-state index contributed by atoms with van der Waals surface area (Å²) in [6.45, 7) is 3.30. The van der Waals surface area contributed by atoms with Crippen LogP contribution in [0.4, 0.5) is 0 Å². The van der Waals surface area contributed by atoms with Gasteiger partial charge < -0.3 is 9.67 Å². The van der Waals surface area contributed by atoms with Gasteiger partial charge in [0, 0.05) is 7.05 Å². The Morgan fingerprint density at radius 3 is 2.94 bits per heavy atom. The maximum atomic E-state index is 11.5. The Labute approximate surface area is 100 Å². The van der Waals surface area contributed by atoms with Gasteiger partial charge in [0.1, 0.15) is 17.7 Å². The lowest BCUT2D eigenvalue weighted by Crippen LogP contribution is -2.49. The zero-order valence-corrected chi connectivity index (χ0v) is 10.3. The van der Waals surface area contributed by atoms with E-state index in [9.17, 15) is 9.90 Å². The van der Waals surface area contributed by atoms with Crippen LogP contribution in [0.25, 0.3) is 0 Å². The second kappa shape index (κ2) is 4.44.